The highest BCUT2D eigenvalue weighted by Crippen LogP contribution is 2.20. The van der Waals surface area contributed by atoms with Crippen LogP contribution in [0, 0.1) is 18.8 Å². The molecule has 0 aromatic heterocycles. The zero-order chi connectivity index (χ0) is 26.7. The Bertz CT molecular complexity index is 1050. The monoisotopic (exact) mass is 496 g/mol. The molecule has 0 fully saturated rings. The molecule has 9 nitrogen and oxygen atoms in total. The van der Waals surface area contributed by atoms with Crippen molar-refractivity contribution in [3.63, 3.8) is 0 Å². The lowest BCUT2D eigenvalue weighted by molar-refractivity contribution is -0.141. The van der Waals surface area contributed by atoms with Crippen LogP contribution in [0.5, 0.6) is 0 Å². The summed E-state index contributed by atoms with van der Waals surface area (Å²) in [5.74, 6) is -1.30. The van der Waals surface area contributed by atoms with Crippen LogP contribution < -0.4 is 21.3 Å². The normalized spacial score (nSPS) is 12.3. The number of esters is 1. The van der Waals surface area contributed by atoms with Gasteiger partial charge in [0.05, 0.1) is 13.5 Å². The molecule has 2 aromatic carbocycles. The van der Waals surface area contributed by atoms with Gasteiger partial charge in [-0.05, 0) is 62.1 Å². The number of carbonyl (C=O) groups is 4. The molecule has 2 rings (SSSR count). The fourth-order valence-corrected chi connectivity index (χ4v) is 3.67. The van der Waals surface area contributed by atoms with Crippen molar-refractivity contribution >= 4 is 40.9 Å². The number of para-hydroxylation sites is 1. The van der Waals surface area contributed by atoms with E-state index in [9.17, 15) is 19.2 Å². The topological polar surface area (TPSA) is 126 Å². The molecule has 0 spiro atoms. The number of anilines is 3. The van der Waals surface area contributed by atoms with Crippen molar-refractivity contribution in [1.82, 2.24) is 5.32 Å². The van der Waals surface area contributed by atoms with E-state index in [0.717, 1.165) is 11.3 Å². The zero-order valence-electron chi connectivity index (χ0n) is 21.5. The van der Waals surface area contributed by atoms with E-state index in [1.807, 2.05) is 45.0 Å². The number of carbonyl (C=O) groups excluding carboxylic acids is 4. The van der Waals surface area contributed by atoms with Crippen LogP contribution in [0.3, 0.4) is 0 Å². The van der Waals surface area contributed by atoms with Gasteiger partial charge in [-0.3, -0.25) is 14.4 Å². The van der Waals surface area contributed by atoms with Crippen molar-refractivity contribution in [2.75, 3.05) is 23.1 Å². The van der Waals surface area contributed by atoms with E-state index in [1.165, 1.54) is 7.11 Å². The van der Waals surface area contributed by atoms with Gasteiger partial charge in [0.25, 0.3) is 0 Å². The van der Waals surface area contributed by atoms with Gasteiger partial charge >= 0.3 is 12.0 Å². The lowest BCUT2D eigenvalue weighted by atomic mass is 9.92. The predicted molar refractivity (Wildman–Crippen MR) is 141 cm³/mol. The summed E-state index contributed by atoms with van der Waals surface area (Å²) in [5.41, 5.74) is 2.79. The van der Waals surface area contributed by atoms with E-state index >= 15 is 0 Å². The minimum Gasteiger partial charge on any atom is -0.469 e. The molecule has 2 unspecified atom stereocenters. The molecule has 0 radical (unpaired) electrons. The third kappa shape index (κ3) is 9.77. The Morgan fingerprint density at radius 1 is 0.833 bits per heavy atom. The predicted octanol–water partition coefficient (Wildman–Crippen LogP) is 4.70. The maximum Gasteiger partial charge on any atom is 0.323 e. The molecule has 9 heteroatoms. The SMILES string of the molecule is COC(=O)CC(C)NC(=O)C(CC(=O)Nc1ccc(NC(=O)Nc2ccccc2C)cc1)CC(C)C. The van der Waals surface area contributed by atoms with Crippen LogP contribution in [0.15, 0.2) is 48.5 Å². The molecule has 4 N–H and O–H groups in total. The first kappa shape index (κ1) is 28.4. The molecular formula is C27H36N4O5. The molecular weight excluding hydrogens is 460 g/mol. The number of methoxy groups -OCH3 is 1. The quantitative estimate of drug-likeness (QED) is 0.336. The van der Waals surface area contributed by atoms with E-state index in [2.05, 4.69) is 26.0 Å². The van der Waals surface area contributed by atoms with E-state index < -0.39 is 17.9 Å². The summed E-state index contributed by atoms with van der Waals surface area (Å²) in [4.78, 5) is 49.1. The van der Waals surface area contributed by atoms with Gasteiger partial charge < -0.3 is 26.0 Å². The van der Waals surface area contributed by atoms with Crippen LogP contribution in [-0.2, 0) is 19.1 Å². The van der Waals surface area contributed by atoms with Crippen LogP contribution in [0.4, 0.5) is 21.9 Å². The van der Waals surface area contributed by atoms with Gasteiger partial charge in [-0.25, -0.2) is 4.79 Å². The van der Waals surface area contributed by atoms with Crippen LogP contribution in [0.1, 0.15) is 45.6 Å². The van der Waals surface area contributed by atoms with E-state index in [-0.39, 0.29) is 36.6 Å². The minimum absolute atomic E-state index is 0.00773. The first-order valence-electron chi connectivity index (χ1n) is 12.0. The zero-order valence-corrected chi connectivity index (χ0v) is 21.5. The number of urea groups is 1. The molecule has 0 saturated carbocycles. The van der Waals surface area contributed by atoms with Gasteiger partial charge in [-0.1, -0.05) is 32.0 Å². The fourth-order valence-electron chi connectivity index (χ4n) is 3.67. The summed E-state index contributed by atoms with van der Waals surface area (Å²) in [6, 6.07) is 13.4. The van der Waals surface area contributed by atoms with E-state index in [1.54, 1.807) is 31.2 Å². The van der Waals surface area contributed by atoms with Crippen molar-refractivity contribution < 1.29 is 23.9 Å². The number of aryl methyl sites for hydroxylation is 1. The molecule has 0 saturated heterocycles. The standard InChI is InChI=1S/C27H36N4O5/c1-17(2)14-20(26(34)28-19(4)15-25(33)36-5)16-24(32)29-21-10-12-22(13-11-21)30-27(35)31-23-9-7-6-8-18(23)3/h6-13,17,19-20H,14-16H2,1-5H3,(H,28,34)(H,29,32)(H2,30,31,35). The smallest absolute Gasteiger partial charge is 0.323 e. The second-order valence-corrected chi connectivity index (χ2v) is 9.24. The molecule has 0 aliphatic carbocycles. The Labute approximate surface area is 212 Å². The fraction of sp³-hybridized carbons (Fsp3) is 0.407. The number of hydrogen-bond donors (Lipinski definition) is 4. The maximum atomic E-state index is 12.8. The average Bonchev–Trinajstić information content (AvgIpc) is 2.80. The van der Waals surface area contributed by atoms with Gasteiger partial charge in [0.1, 0.15) is 0 Å². The van der Waals surface area contributed by atoms with Crippen molar-refractivity contribution in [2.45, 2.75) is 53.0 Å². The molecule has 4 amide bonds. The van der Waals surface area contributed by atoms with E-state index in [0.29, 0.717) is 17.8 Å². The number of benzene rings is 2. The molecule has 194 valence electrons. The molecule has 0 aliphatic rings. The molecule has 0 bridgehead atoms. The highest BCUT2D eigenvalue weighted by Gasteiger charge is 2.25. The Morgan fingerprint density at radius 2 is 1.44 bits per heavy atom. The van der Waals surface area contributed by atoms with Crippen LogP contribution in [-0.4, -0.2) is 37.0 Å². The Balaban J connectivity index is 1.91. The summed E-state index contributed by atoms with van der Waals surface area (Å²) in [6.45, 7) is 7.59. The Kier molecular flexibility index (Phi) is 10.9. The second-order valence-electron chi connectivity index (χ2n) is 9.24. The number of amides is 4. The van der Waals surface area contributed by atoms with Gasteiger partial charge in [0.2, 0.25) is 11.8 Å². The number of ether oxygens (including phenoxy) is 1. The van der Waals surface area contributed by atoms with Crippen molar-refractivity contribution in [2.24, 2.45) is 11.8 Å². The van der Waals surface area contributed by atoms with E-state index in [4.69, 9.17) is 0 Å². The van der Waals surface area contributed by atoms with Crippen molar-refractivity contribution in [1.29, 1.82) is 0 Å². The number of nitrogens with one attached hydrogen (secondary N) is 4. The van der Waals surface area contributed by atoms with Crippen molar-refractivity contribution in [3.05, 3.63) is 54.1 Å². The van der Waals surface area contributed by atoms with Crippen molar-refractivity contribution in [3.8, 4) is 0 Å². The van der Waals surface area contributed by atoms with Gasteiger partial charge in [0.15, 0.2) is 0 Å². The number of rotatable bonds is 11. The lowest BCUT2D eigenvalue weighted by Gasteiger charge is -2.21. The minimum atomic E-state index is -0.531. The van der Waals surface area contributed by atoms with Gasteiger partial charge in [0, 0.05) is 35.4 Å². The second kappa shape index (κ2) is 13.9. The summed E-state index contributed by atoms with van der Waals surface area (Å²) >= 11 is 0. The number of hydrogen-bond acceptors (Lipinski definition) is 5. The Hall–Kier alpha value is -3.88. The van der Waals surface area contributed by atoms with Gasteiger partial charge in [-0.15, -0.1) is 0 Å². The van der Waals surface area contributed by atoms with Crippen LogP contribution in [0.2, 0.25) is 0 Å². The molecule has 2 aromatic rings. The summed E-state index contributed by atoms with van der Waals surface area (Å²) in [7, 11) is 1.30. The molecule has 0 aliphatic heterocycles. The summed E-state index contributed by atoms with van der Waals surface area (Å²) in [5, 5.41) is 11.2. The first-order chi connectivity index (χ1) is 17.1. The highest BCUT2D eigenvalue weighted by molar-refractivity contribution is 6.00. The third-order valence-corrected chi connectivity index (χ3v) is 5.47. The highest BCUT2D eigenvalue weighted by atomic mass is 16.5. The summed E-state index contributed by atoms with van der Waals surface area (Å²) in [6.07, 6.45) is 0.600. The Morgan fingerprint density at radius 3 is 2.03 bits per heavy atom. The third-order valence-electron chi connectivity index (χ3n) is 5.47. The average molecular weight is 497 g/mol. The largest absolute Gasteiger partial charge is 0.469 e. The van der Waals surface area contributed by atoms with Gasteiger partial charge in [-0.2, -0.15) is 0 Å². The lowest BCUT2D eigenvalue weighted by Crippen LogP contribution is -2.40. The maximum absolute atomic E-state index is 12.8. The molecule has 2 atom stereocenters. The first-order valence-corrected chi connectivity index (χ1v) is 12.0. The van der Waals surface area contributed by atoms with Crippen LogP contribution >= 0.6 is 0 Å². The molecule has 36 heavy (non-hydrogen) atoms. The van der Waals surface area contributed by atoms with Crippen LogP contribution in [0.25, 0.3) is 0 Å². The molecule has 0 heterocycles. The summed E-state index contributed by atoms with van der Waals surface area (Å²) < 4.78 is 4.64.